The molecular formula is C16H26O2. The van der Waals surface area contributed by atoms with Gasteiger partial charge in [-0.1, -0.05) is 39.5 Å². The van der Waals surface area contributed by atoms with Crippen LogP contribution in [0.25, 0.3) is 0 Å². The van der Waals surface area contributed by atoms with Gasteiger partial charge in [-0.05, 0) is 30.4 Å². The Hall–Kier alpha value is -1.02. The highest BCUT2D eigenvalue weighted by atomic mass is 16.5. The van der Waals surface area contributed by atoms with E-state index in [-0.39, 0.29) is 11.5 Å². The van der Waals surface area contributed by atoms with Gasteiger partial charge in [0.2, 0.25) is 0 Å². The Morgan fingerprint density at radius 1 is 1.44 bits per heavy atom. The lowest BCUT2D eigenvalue weighted by atomic mass is 9.88. The van der Waals surface area contributed by atoms with E-state index < -0.39 is 0 Å². The quantitative estimate of drug-likeness (QED) is 0.518. The van der Waals surface area contributed by atoms with Crippen molar-refractivity contribution in [2.45, 2.75) is 46.6 Å². The van der Waals surface area contributed by atoms with E-state index in [1.54, 1.807) is 0 Å². The molecule has 0 aliphatic carbocycles. The van der Waals surface area contributed by atoms with Gasteiger partial charge in [-0.15, -0.1) is 0 Å². The van der Waals surface area contributed by atoms with Crippen LogP contribution in [0.3, 0.4) is 0 Å². The smallest absolute Gasteiger partial charge is 0.122 e. The van der Waals surface area contributed by atoms with Crippen LogP contribution < -0.4 is 0 Å². The summed E-state index contributed by atoms with van der Waals surface area (Å²) in [5.74, 6) is 0.888. The maximum atomic E-state index is 5.84. The molecule has 0 aromatic heterocycles. The van der Waals surface area contributed by atoms with Gasteiger partial charge in [0.1, 0.15) is 12.4 Å². The topological polar surface area (TPSA) is 18.5 Å². The fourth-order valence-electron chi connectivity index (χ4n) is 1.78. The number of ether oxygens (including phenoxy) is 2. The van der Waals surface area contributed by atoms with Gasteiger partial charge in [0.15, 0.2) is 0 Å². The SMILES string of the molecule is C=C(CC(C)(C)C)/C(=C\C=C/C)OCC1CCO1. The van der Waals surface area contributed by atoms with Gasteiger partial charge in [0.25, 0.3) is 0 Å². The van der Waals surface area contributed by atoms with Crippen molar-refractivity contribution in [3.05, 3.63) is 36.1 Å². The van der Waals surface area contributed by atoms with Gasteiger partial charge in [-0.25, -0.2) is 0 Å². The normalized spacial score (nSPS) is 20.9. The van der Waals surface area contributed by atoms with Gasteiger partial charge in [0.05, 0.1) is 6.10 Å². The van der Waals surface area contributed by atoms with Crippen molar-refractivity contribution in [2.75, 3.05) is 13.2 Å². The van der Waals surface area contributed by atoms with Crippen LogP contribution in [-0.4, -0.2) is 19.3 Å². The van der Waals surface area contributed by atoms with E-state index in [2.05, 4.69) is 27.4 Å². The lowest BCUT2D eigenvalue weighted by Gasteiger charge is -2.28. The molecule has 18 heavy (non-hydrogen) atoms. The third-order valence-electron chi connectivity index (χ3n) is 2.75. The zero-order chi connectivity index (χ0) is 13.6. The summed E-state index contributed by atoms with van der Waals surface area (Å²) in [5.41, 5.74) is 1.28. The predicted molar refractivity (Wildman–Crippen MR) is 76.4 cm³/mol. The van der Waals surface area contributed by atoms with Crippen LogP contribution in [0.4, 0.5) is 0 Å². The average molecular weight is 250 g/mol. The standard InChI is InChI=1S/C16H26O2/c1-6-7-8-15(13(2)11-16(3,4)5)18-12-14-9-10-17-14/h6-8,14H,2,9-12H2,1,3-5H3/b7-6-,15-8+. The van der Waals surface area contributed by atoms with Gasteiger partial charge < -0.3 is 9.47 Å². The first kappa shape index (κ1) is 15.0. The molecule has 0 amide bonds. The van der Waals surface area contributed by atoms with Crippen LogP contribution in [0.15, 0.2) is 36.1 Å². The maximum Gasteiger partial charge on any atom is 0.122 e. The van der Waals surface area contributed by atoms with Crippen LogP contribution in [0, 0.1) is 5.41 Å². The molecule has 1 aliphatic rings. The van der Waals surface area contributed by atoms with Crippen LogP contribution in [0.2, 0.25) is 0 Å². The molecule has 2 heteroatoms. The lowest BCUT2D eigenvalue weighted by molar-refractivity contribution is -0.0826. The van der Waals surface area contributed by atoms with Gasteiger partial charge in [0, 0.05) is 13.0 Å². The van der Waals surface area contributed by atoms with Crippen LogP contribution >= 0.6 is 0 Å². The Balaban J connectivity index is 2.56. The largest absolute Gasteiger partial charge is 0.491 e. The minimum Gasteiger partial charge on any atom is -0.491 e. The second-order valence-electron chi connectivity index (χ2n) is 5.99. The van der Waals surface area contributed by atoms with E-state index in [4.69, 9.17) is 9.47 Å². The Labute approximate surface area is 111 Å². The summed E-state index contributed by atoms with van der Waals surface area (Å²) in [6.45, 7) is 14.3. The monoisotopic (exact) mass is 250 g/mol. The van der Waals surface area contributed by atoms with Crippen molar-refractivity contribution < 1.29 is 9.47 Å². The first-order chi connectivity index (χ1) is 8.42. The van der Waals surface area contributed by atoms with Crippen molar-refractivity contribution in [1.82, 2.24) is 0 Å². The summed E-state index contributed by atoms with van der Waals surface area (Å²) >= 11 is 0. The molecular weight excluding hydrogens is 224 g/mol. The molecule has 1 heterocycles. The minimum atomic E-state index is 0.225. The first-order valence-corrected chi connectivity index (χ1v) is 6.68. The molecule has 0 N–H and O–H groups in total. The van der Waals surface area contributed by atoms with E-state index in [1.165, 1.54) is 0 Å². The van der Waals surface area contributed by atoms with E-state index in [9.17, 15) is 0 Å². The Bertz CT molecular complexity index is 327. The Morgan fingerprint density at radius 2 is 2.11 bits per heavy atom. The molecule has 0 radical (unpaired) electrons. The van der Waals surface area contributed by atoms with Crippen molar-refractivity contribution in [2.24, 2.45) is 5.41 Å². The third-order valence-corrected chi connectivity index (χ3v) is 2.75. The Kier molecular flexibility index (Phi) is 5.67. The summed E-state index contributed by atoms with van der Waals surface area (Å²) < 4.78 is 11.2. The number of rotatable bonds is 6. The zero-order valence-electron chi connectivity index (χ0n) is 12.2. The number of hydrogen-bond acceptors (Lipinski definition) is 2. The molecule has 1 atom stereocenters. The highest BCUT2D eigenvalue weighted by Crippen LogP contribution is 2.28. The van der Waals surface area contributed by atoms with Gasteiger partial charge in [-0.3, -0.25) is 0 Å². The number of allylic oxidation sites excluding steroid dienone is 4. The van der Waals surface area contributed by atoms with E-state index in [0.717, 1.165) is 30.8 Å². The highest BCUT2D eigenvalue weighted by molar-refractivity contribution is 5.27. The van der Waals surface area contributed by atoms with E-state index in [0.29, 0.717) is 6.61 Å². The van der Waals surface area contributed by atoms with Crippen LogP contribution in [0.1, 0.15) is 40.5 Å². The summed E-state index contributed by atoms with van der Waals surface area (Å²) in [4.78, 5) is 0. The van der Waals surface area contributed by atoms with Crippen molar-refractivity contribution >= 4 is 0 Å². The predicted octanol–water partition coefficient (Wildman–Crippen LogP) is 4.24. The van der Waals surface area contributed by atoms with E-state index >= 15 is 0 Å². The first-order valence-electron chi connectivity index (χ1n) is 6.68. The molecule has 102 valence electrons. The molecule has 1 rings (SSSR count). The average Bonchev–Trinajstić information content (AvgIpc) is 2.17. The van der Waals surface area contributed by atoms with Crippen molar-refractivity contribution in [1.29, 1.82) is 0 Å². The molecule has 1 saturated heterocycles. The van der Waals surface area contributed by atoms with Crippen molar-refractivity contribution in [3.8, 4) is 0 Å². The molecule has 0 aromatic rings. The minimum absolute atomic E-state index is 0.225. The Morgan fingerprint density at radius 3 is 2.56 bits per heavy atom. The molecule has 0 saturated carbocycles. The summed E-state index contributed by atoms with van der Waals surface area (Å²) in [6, 6.07) is 0. The maximum absolute atomic E-state index is 5.84. The molecule has 2 nitrogen and oxygen atoms in total. The van der Waals surface area contributed by atoms with Crippen LogP contribution in [0.5, 0.6) is 0 Å². The summed E-state index contributed by atoms with van der Waals surface area (Å²) in [5, 5.41) is 0. The lowest BCUT2D eigenvalue weighted by Crippen LogP contribution is -2.31. The molecule has 0 spiro atoms. The second kappa shape index (κ2) is 6.79. The third kappa shape index (κ3) is 5.54. The number of hydrogen-bond donors (Lipinski definition) is 0. The van der Waals surface area contributed by atoms with Gasteiger partial charge >= 0.3 is 0 Å². The fraction of sp³-hybridized carbons (Fsp3) is 0.625. The molecule has 1 aliphatic heterocycles. The highest BCUT2D eigenvalue weighted by Gasteiger charge is 2.20. The van der Waals surface area contributed by atoms with Gasteiger partial charge in [-0.2, -0.15) is 0 Å². The fourth-order valence-corrected chi connectivity index (χ4v) is 1.78. The second-order valence-corrected chi connectivity index (χ2v) is 5.99. The summed E-state index contributed by atoms with van der Waals surface area (Å²) in [6.07, 6.45) is 8.27. The van der Waals surface area contributed by atoms with E-state index in [1.807, 2.05) is 25.2 Å². The molecule has 0 bridgehead atoms. The zero-order valence-corrected chi connectivity index (χ0v) is 12.2. The van der Waals surface area contributed by atoms with Crippen molar-refractivity contribution in [3.63, 3.8) is 0 Å². The molecule has 1 unspecified atom stereocenters. The summed E-state index contributed by atoms with van der Waals surface area (Å²) in [7, 11) is 0. The molecule has 1 fully saturated rings. The molecule has 0 aromatic carbocycles. The van der Waals surface area contributed by atoms with Crippen LogP contribution in [-0.2, 0) is 9.47 Å².